The Morgan fingerprint density at radius 1 is 0.481 bits per heavy atom. The molecule has 2 rings (SSSR count). The summed E-state index contributed by atoms with van der Waals surface area (Å²) in [7, 11) is 0. The zero-order valence-electron chi connectivity index (χ0n) is 11.9. The molecule has 0 N–H and O–H groups in total. The lowest BCUT2D eigenvalue weighted by Crippen LogP contribution is -1.85. The number of hydrogen-bond acceptors (Lipinski definition) is 4. The molecule has 0 unspecified atom stereocenters. The molecule has 0 saturated carbocycles. The monoisotopic (exact) mass is 653 g/mol. The Labute approximate surface area is 223 Å². The Morgan fingerprint density at radius 3 is 0.889 bits per heavy atom. The van der Waals surface area contributed by atoms with Gasteiger partial charge in [0.25, 0.3) is 0 Å². The number of hydrogen-bond donors (Lipinski definition) is 0. The van der Waals surface area contributed by atoms with Crippen molar-refractivity contribution in [3.05, 3.63) is 50.2 Å². The van der Waals surface area contributed by atoms with Gasteiger partial charge in [0.1, 0.15) is 0 Å². The standard InChI is InChI=1S/C12HCl10PS4/c13-1-3(15)7(19)11(8(20)4(1)16)26-23(24,25)27-12-9(21)5(17)2(14)6(18)10(12)22/h(H,24,25)/p-1. The normalized spacial score (nSPS) is 12.0. The minimum atomic E-state index is -2.76. The van der Waals surface area contributed by atoms with Gasteiger partial charge in [-0.25, -0.2) is 0 Å². The molecule has 27 heavy (non-hydrogen) atoms. The van der Waals surface area contributed by atoms with E-state index in [1.165, 1.54) is 0 Å². The Balaban J connectivity index is 2.51. The van der Waals surface area contributed by atoms with Crippen LogP contribution in [0.4, 0.5) is 0 Å². The summed E-state index contributed by atoms with van der Waals surface area (Å²) in [5, 5.41) is 0.580. The van der Waals surface area contributed by atoms with Gasteiger partial charge in [0.2, 0.25) is 0 Å². The van der Waals surface area contributed by atoms with E-state index in [2.05, 4.69) is 0 Å². The molecule has 0 aliphatic carbocycles. The quantitative estimate of drug-likeness (QED) is 0.139. The third-order valence-electron chi connectivity index (χ3n) is 2.75. The first-order valence-corrected chi connectivity index (χ1v) is 16.5. The van der Waals surface area contributed by atoms with Crippen LogP contribution in [0.1, 0.15) is 0 Å². The number of benzene rings is 2. The molecule has 2 aromatic carbocycles. The Hall–Kier alpha value is 3.04. The second-order valence-electron chi connectivity index (χ2n) is 4.43. The Morgan fingerprint density at radius 2 is 0.667 bits per heavy atom. The maximum absolute atomic E-state index is 6.24. The van der Waals surface area contributed by atoms with Crippen molar-refractivity contribution in [2.45, 2.75) is 9.79 Å². The predicted octanol–water partition coefficient (Wildman–Crippen LogP) is 11.9. The van der Waals surface area contributed by atoms with E-state index in [-0.39, 0.29) is 50.2 Å². The summed E-state index contributed by atoms with van der Waals surface area (Å²) >= 11 is 74.5. The van der Waals surface area contributed by atoms with Crippen LogP contribution < -0.4 is 0 Å². The maximum atomic E-state index is 6.24. The Bertz CT molecular complexity index is 862. The summed E-state index contributed by atoms with van der Waals surface area (Å²) < 4.78 is -2.76. The minimum Gasteiger partial charge on any atom is -0.725 e. The van der Waals surface area contributed by atoms with Crippen molar-refractivity contribution in [2.75, 3.05) is 0 Å². The predicted molar refractivity (Wildman–Crippen MR) is 136 cm³/mol. The van der Waals surface area contributed by atoms with Crippen LogP contribution >= 0.6 is 142 Å². The van der Waals surface area contributed by atoms with Gasteiger partial charge in [0.15, 0.2) is 0 Å². The van der Waals surface area contributed by atoms with E-state index in [9.17, 15) is 0 Å². The molecule has 0 amide bonds. The summed E-state index contributed by atoms with van der Waals surface area (Å²) in [6.45, 7) is 0. The molecule has 0 nitrogen and oxygen atoms in total. The molecular weight excluding hydrogens is 658 g/mol. The van der Waals surface area contributed by atoms with Crippen molar-refractivity contribution >= 4 is 166 Å². The smallest absolute Gasteiger partial charge is 0.0809 e. The first-order valence-electron chi connectivity index (χ1n) is 6.03. The van der Waals surface area contributed by atoms with Gasteiger partial charge in [-0.05, 0) is 0 Å². The summed E-state index contributed by atoms with van der Waals surface area (Å²) in [5.74, 6) is 0. The molecule has 0 heterocycles. The topological polar surface area (TPSA) is 0 Å². The van der Waals surface area contributed by atoms with Crippen molar-refractivity contribution in [1.29, 1.82) is 0 Å². The van der Waals surface area contributed by atoms with Crippen LogP contribution in [0.15, 0.2) is 9.79 Å². The molecule has 0 aliphatic heterocycles. The molecule has 0 atom stereocenters. The molecule has 0 spiro atoms. The molecule has 0 bridgehead atoms. The Kier molecular flexibility index (Phi) is 10.0. The minimum absolute atomic E-state index is 0.0327. The van der Waals surface area contributed by atoms with Crippen LogP contribution in [-0.4, -0.2) is 0 Å². The lowest BCUT2D eigenvalue weighted by molar-refractivity contribution is 1.47. The number of halogens is 10. The molecule has 0 fully saturated rings. The summed E-state index contributed by atoms with van der Waals surface area (Å²) in [4.78, 5) is 0.615. The van der Waals surface area contributed by atoms with Gasteiger partial charge in [-0.15, -0.1) is 11.8 Å². The average Bonchev–Trinajstić information content (AvgIpc) is 2.62. The van der Waals surface area contributed by atoms with Crippen LogP contribution in [-0.2, 0) is 24.1 Å². The van der Waals surface area contributed by atoms with Gasteiger partial charge >= 0.3 is 0 Å². The van der Waals surface area contributed by atoms with Crippen LogP contribution in [0.25, 0.3) is 0 Å². The van der Waals surface area contributed by atoms with E-state index in [0.29, 0.717) is 9.79 Å². The SMILES string of the molecule is S=P([S-])(Sc1c(Cl)c(Cl)c(Cl)c(Cl)c1Cl)Sc1c(Cl)c(Cl)c(Cl)c(Cl)c1Cl. The van der Waals surface area contributed by atoms with E-state index in [4.69, 9.17) is 140 Å². The first kappa shape index (κ1) is 26.3. The second-order valence-corrected chi connectivity index (χ2v) is 22.1. The highest BCUT2D eigenvalue weighted by molar-refractivity contribution is 9.17. The zero-order valence-corrected chi connectivity index (χ0v) is 23.6. The van der Waals surface area contributed by atoms with Crippen molar-refractivity contribution < 1.29 is 0 Å². The fourth-order valence-electron chi connectivity index (χ4n) is 1.57. The molecule has 0 radical (unpaired) electrons. The number of rotatable bonds is 4. The maximum Gasteiger partial charge on any atom is 0.0809 e. The summed E-state index contributed by atoms with van der Waals surface area (Å²) in [6, 6.07) is 0. The van der Waals surface area contributed by atoms with Crippen molar-refractivity contribution in [1.82, 2.24) is 0 Å². The highest BCUT2D eigenvalue weighted by Gasteiger charge is 2.25. The van der Waals surface area contributed by atoms with Gasteiger partial charge in [-0.3, -0.25) is 0 Å². The van der Waals surface area contributed by atoms with E-state index in [1.807, 2.05) is 0 Å². The van der Waals surface area contributed by atoms with E-state index < -0.39 is 3.64 Å². The third kappa shape index (κ3) is 5.70. The highest BCUT2D eigenvalue weighted by Crippen LogP contribution is 2.75. The van der Waals surface area contributed by atoms with E-state index in [1.54, 1.807) is 0 Å². The van der Waals surface area contributed by atoms with Crippen LogP contribution in [0, 0.1) is 0 Å². The molecule has 0 saturated heterocycles. The summed E-state index contributed by atoms with van der Waals surface area (Å²) in [6.07, 6.45) is 0. The van der Waals surface area contributed by atoms with Crippen molar-refractivity contribution in [3.8, 4) is 0 Å². The van der Waals surface area contributed by atoms with Crippen molar-refractivity contribution in [2.24, 2.45) is 0 Å². The van der Waals surface area contributed by atoms with Crippen molar-refractivity contribution in [3.63, 3.8) is 0 Å². The molecule has 0 aliphatic rings. The van der Waals surface area contributed by atoms with E-state index in [0.717, 1.165) is 22.8 Å². The molecule has 15 heteroatoms. The lowest BCUT2D eigenvalue weighted by atomic mass is 10.3. The lowest BCUT2D eigenvalue weighted by Gasteiger charge is -2.29. The third-order valence-corrected chi connectivity index (χ3v) is 15.8. The average molecular weight is 658 g/mol. The fraction of sp³-hybridized carbons (Fsp3) is 0. The van der Waals surface area contributed by atoms with E-state index >= 15 is 0 Å². The fourth-order valence-corrected chi connectivity index (χ4v) is 13.3. The van der Waals surface area contributed by atoms with Crippen LogP contribution in [0.5, 0.6) is 0 Å². The largest absolute Gasteiger partial charge is 0.725 e. The van der Waals surface area contributed by atoms with Crippen LogP contribution in [0.3, 0.4) is 0 Å². The zero-order chi connectivity index (χ0) is 20.8. The summed E-state index contributed by atoms with van der Waals surface area (Å²) in [5.41, 5.74) is 0. The first-order chi connectivity index (χ1) is 12.3. The second kappa shape index (κ2) is 10.3. The van der Waals surface area contributed by atoms with Gasteiger partial charge in [0.05, 0.1) is 60.0 Å². The molecule has 2 aromatic rings. The van der Waals surface area contributed by atoms with Gasteiger partial charge < -0.3 is 12.2 Å². The van der Waals surface area contributed by atoms with Gasteiger partial charge in [-0.1, -0.05) is 142 Å². The molecule has 0 aromatic heterocycles. The highest BCUT2D eigenvalue weighted by atomic mass is 35.5. The van der Waals surface area contributed by atoms with Crippen LogP contribution in [0.2, 0.25) is 50.2 Å². The van der Waals surface area contributed by atoms with Gasteiger partial charge in [-0.2, -0.15) is 0 Å². The molecule has 148 valence electrons. The molecular formula is C12Cl10PS4-. The van der Waals surface area contributed by atoms with Gasteiger partial charge in [0, 0.05) is 0 Å².